The first-order valence-corrected chi connectivity index (χ1v) is 9.12. The van der Waals surface area contributed by atoms with Crippen LogP contribution in [0, 0.1) is 13.8 Å². The van der Waals surface area contributed by atoms with E-state index in [-0.39, 0.29) is 5.91 Å². The topological polar surface area (TPSA) is 81.4 Å². The Kier molecular flexibility index (Phi) is 4.33. The van der Waals surface area contributed by atoms with E-state index in [1.165, 1.54) is 11.3 Å². The number of hydrogen-bond donors (Lipinski definition) is 1. The number of aromatic nitrogens is 4. The second-order valence-electron chi connectivity index (χ2n) is 6.06. The van der Waals surface area contributed by atoms with Crippen LogP contribution in [0.25, 0.3) is 15.5 Å². The first kappa shape index (κ1) is 17.2. The zero-order chi connectivity index (χ0) is 19.0. The lowest BCUT2D eigenvalue weighted by Crippen LogP contribution is -2.12. The minimum absolute atomic E-state index is 0.181. The summed E-state index contributed by atoms with van der Waals surface area (Å²) >= 11 is 1.48. The molecular weight excluding hydrogens is 362 g/mol. The molecule has 2 aromatic carbocycles. The minimum atomic E-state index is -0.181. The molecule has 1 N–H and O–H groups in total. The molecule has 2 heterocycles. The Morgan fingerprint density at radius 2 is 2.00 bits per heavy atom. The Balaban J connectivity index is 1.58. The third-order valence-corrected chi connectivity index (χ3v) is 5.15. The molecule has 2 aromatic heterocycles. The number of benzene rings is 2. The summed E-state index contributed by atoms with van der Waals surface area (Å²) in [7, 11) is 1.58. The summed E-state index contributed by atoms with van der Waals surface area (Å²) in [6, 6.07) is 12.9. The lowest BCUT2D eigenvalue weighted by molar-refractivity contribution is 0.102. The van der Waals surface area contributed by atoms with Crippen molar-refractivity contribution in [1.82, 2.24) is 19.8 Å². The Bertz CT molecular complexity index is 1150. The fraction of sp³-hybridized carbons (Fsp3) is 0.158. The van der Waals surface area contributed by atoms with Gasteiger partial charge in [-0.3, -0.25) is 4.79 Å². The van der Waals surface area contributed by atoms with Crippen molar-refractivity contribution in [1.29, 1.82) is 0 Å². The van der Waals surface area contributed by atoms with Gasteiger partial charge in [0.25, 0.3) is 5.91 Å². The van der Waals surface area contributed by atoms with E-state index < -0.39 is 0 Å². The van der Waals surface area contributed by atoms with E-state index in [0.717, 1.165) is 32.6 Å². The molecular formula is C19H17N5O2S. The molecule has 8 heteroatoms. The van der Waals surface area contributed by atoms with E-state index in [9.17, 15) is 4.79 Å². The van der Waals surface area contributed by atoms with Crippen molar-refractivity contribution in [2.24, 2.45) is 0 Å². The van der Waals surface area contributed by atoms with Crippen molar-refractivity contribution < 1.29 is 9.53 Å². The van der Waals surface area contributed by atoms with E-state index in [1.807, 2.05) is 32.0 Å². The average Bonchev–Trinajstić information content (AvgIpc) is 3.25. The summed E-state index contributed by atoms with van der Waals surface area (Å²) in [5.41, 5.74) is 3.22. The Labute approximate surface area is 159 Å². The molecule has 0 atom stereocenters. The number of nitrogens with one attached hydrogen (secondary N) is 1. The van der Waals surface area contributed by atoms with E-state index >= 15 is 0 Å². The molecule has 0 aliphatic rings. The maximum atomic E-state index is 12.5. The molecule has 0 bridgehead atoms. The Morgan fingerprint density at radius 1 is 1.15 bits per heavy atom. The second-order valence-corrected chi connectivity index (χ2v) is 7.02. The molecule has 1 amide bonds. The summed E-state index contributed by atoms with van der Waals surface area (Å²) < 4.78 is 6.90. The van der Waals surface area contributed by atoms with Gasteiger partial charge >= 0.3 is 0 Å². The predicted molar refractivity (Wildman–Crippen MR) is 105 cm³/mol. The van der Waals surface area contributed by atoms with Crippen LogP contribution in [-0.4, -0.2) is 32.8 Å². The molecule has 7 nitrogen and oxygen atoms in total. The normalized spacial score (nSPS) is 10.9. The van der Waals surface area contributed by atoms with E-state index in [4.69, 9.17) is 4.74 Å². The Morgan fingerprint density at radius 3 is 2.74 bits per heavy atom. The third kappa shape index (κ3) is 3.26. The SMILES string of the molecule is COc1cccc(C(=O)Nc2ccc(-c3nn4c(C)nnc4s3)cc2C)c1. The molecule has 0 spiro atoms. The van der Waals surface area contributed by atoms with Gasteiger partial charge < -0.3 is 10.1 Å². The smallest absolute Gasteiger partial charge is 0.255 e. The highest BCUT2D eigenvalue weighted by molar-refractivity contribution is 7.19. The van der Waals surface area contributed by atoms with Crippen LogP contribution < -0.4 is 10.1 Å². The number of ether oxygens (including phenoxy) is 1. The van der Waals surface area contributed by atoms with Crippen LogP contribution in [0.3, 0.4) is 0 Å². The molecule has 0 fully saturated rings. The first-order valence-electron chi connectivity index (χ1n) is 8.30. The zero-order valence-corrected chi connectivity index (χ0v) is 15.9. The van der Waals surface area contributed by atoms with Crippen LogP contribution in [0.2, 0.25) is 0 Å². The molecule has 0 aliphatic carbocycles. The molecule has 4 rings (SSSR count). The third-order valence-electron chi connectivity index (χ3n) is 4.20. The molecule has 0 saturated heterocycles. The summed E-state index contributed by atoms with van der Waals surface area (Å²) in [5, 5.41) is 16.4. The number of methoxy groups -OCH3 is 1. The lowest BCUT2D eigenvalue weighted by atomic mass is 10.1. The van der Waals surface area contributed by atoms with Crippen LogP contribution in [0.5, 0.6) is 5.75 Å². The fourth-order valence-electron chi connectivity index (χ4n) is 2.73. The molecule has 0 radical (unpaired) electrons. The van der Waals surface area contributed by atoms with Gasteiger partial charge in [0.1, 0.15) is 10.8 Å². The summed E-state index contributed by atoms with van der Waals surface area (Å²) in [4.78, 5) is 13.3. The van der Waals surface area contributed by atoms with Gasteiger partial charge in [-0.05, 0) is 55.8 Å². The van der Waals surface area contributed by atoms with Gasteiger partial charge in [0.15, 0.2) is 5.82 Å². The maximum absolute atomic E-state index is 12.5. The number of fused-ring (bicyclic) bond motifs is 1. The molecule has 4 aromatic rings. The van der Waals surface area contributed by atoms with Gasteiger partial charge in [-0.15, -0.1) is 10.2 Å². The number of rotatable bonds is 4. The zero-order valence-electron chi connectivity index (χ0n) is 15.1. The van der Waals surface area contributed by atoms with Gasteiger partial charge in [0.05, 0.1) is 7.11 Å². The number of carbonyl (C=O) groups is 1. The highest BCUT2D eigenvalue weighted by atomic mass is 32.1. The molecule has 0 unspecified atom stereocenters. The van der Waals surface area contributed by atoms with Crippen LogP contribution in [0.4, 0.5) is 5.69 Å². The number of anilines is 1. The van der Waals surface area contributed by atoms with Crippen molar-refractivity contribution >= 4 is 27.9 Å². The summed E-state index contributed by atoms with van der Waals surface area (Å²) in [6.07, 6.45) is 0. The number of aryl methyl sites for hydroxylation is 2. The number of hydrogen-bond acceptors (Lipinski definition) is 6. The Hall–Kier alpha value is -3.26. The molecule has 136 valence electrons. The summed E-state index contributed by atoms with van der Waals surface area (Å²) in [6.45, 7) is 3.82. The van der Waals surface area contributed by atoms with Gasteiger partial charge in [0.2, 0.25) is 4.96 Å². The number of nitrogens with zero attached hydrogens (tertiary/aromatic N) is 4. The van der Waals surface area contributed by atoms with E-state index in [1.54, 1.807) is 35.9 Å². The maximum Gasteiger partial charge on any atom is 0.255 e. The van der Waals surface area contributed by atoms with Crippen molar-refractivity contribution in [2.45, 2.75) is 13.8 Å². The van der Waals surface area contributed by atoms with Gasteiger partial charge in [-0.25, -0.2) is 0 Å². The second kappa shape index (κ2) is 6.81. The van der Waals surface area contributed by atoms with Crippen LogP contribution in [0.15, 0.2) is 42.5 Å². The molecule has 0 aliphatic heterocycles. The first-order chi connectivity index (χ1) is 13.0. The highest BCUT2D eigenvalue weighted by Crippen LogP contribution is 2.29. The quantitative estimate of drug-likeness (QED) is 0.584. The van der Waals surface area contributed by atoms with Gasteiger partial charge in [-0.2, -0.15) is 9.61 Å². The monoisotopic (exact) mass is 379 g/mol. The fourth-order valence-corrected chi connectivity index (χ4v) is 3.61. The minimum Gasteiger partial charge on any atom is -0.497 e. The number of amides is 1. The van der Waals surface area contributed by atoms with Crippen molar-refractivity contribution in [3.05, 3.63) is 59.4 Å². The van der Waals surface area contributed by atoms with E-state index in [2.05, 4.69) is 20.6 Å². The van der Waals surface area contributed by atoms with Gasteiger partial charge in [-0.1, -0.05) is 17.4 Å². The molecule has 27 heavy (non-hydrogen) atoms. The molecule has 0 saturated carbocycles. The van der Waals surface area contributed by atoms with Crippen LogP contribution >= 0.6 is 11.3 Å². The van der Waals surface area contributed by atoms with E-state index in [0.29, 0.717) is 11.3 Å². The van der Waals surface area contributed by atoms with Crippen LogP contribution in [0.1, 0.15) is 21.7 Å². The largest absolute Gasteiger partial charge is 0.497 e. The van der Waals surface area contributed by atoms with Crippen LogP contribution in [-0.2, 0) is 0 Å². The predicted octanol–water partition coefficient (Wildman–Crippen LogP) is 3.73. The van der Waals surface area contributed by atoms with Crippen molar-refractivity contribution in [3.8, 4) is 16.3 Å². The average molecular weight is 379 g/mol. The summed E-state index contributed by atoms with van der Waals surface area (Å²) in [5.74, 6) is 1.22. The van der Waals surface area contributed by atoms with Crippen molar-refractivity contribution in [2.75, 3.05) is 12.4 Å². The lowest BCUT2D eigenvalue weighted by Gasteiger charge is -2.10. The van der Waals surface area contributed by atoms with Gasteiger partial charge in [0, 0.05) is 16.8 Å². The number of carbonyl (C=O) groups excluding carboxylic acids is 1. The van der Waals surface area contributed by atoms with Crippen molar-refractivity contribution in [3.63, 3.8) is 0 Å². The standard InChI is InChI=1S/C19H17N5O2S/c1-11-9-14(18-23-24-12(2)21-22-19(24)27-18)7-8-16(11)20-17(25)13-5-4-6-15(10-13)26-3/h4-10H,1-3H3,(H,20,25). The highest BCUT2D eigenvalue weighted by Gasteiger charge is 2.13.